The number of benzene rings is 4. The number of nitro benzene ring substituents is 1. The SMILES string of the molecule is O=C(Nc1cnc(-c2ccc(Sc3ccccc3-c3ccc([N+](=O)[O-])cc3O)cc2)o1)c1ccccc1. The van der Waals surface area contributed by atoms with Gasteiger partial charge in [-0.05, 0) is 54.1 Å². The number of carbonyl (C=O) groups excluding carboxylic acids is 1. The predicted molar refractivity (Wildman–Crippen MR) is 141 cm³/mol. The van der Waals surface area contributed by atoms with Crippen LogP contribution < -0.4 is 5.32 Å². The Morgan fingerprint density at radius 1 is 0.919 bits per heavy atom. The van der Waals surface area contributed by atoms with Crippen molar-refractivity contribution in [2.24, 2.45) is 0 Å². The first-order chi connectivity index (χ1) is 18.0. The molecular formula is C28H19N3O5S. The van der Waals surface area contributed by atoms with E-state index in [-0.39, 0.29) is 23.2 Å². The molecular weight excluding hydrogens is 490 g/mol. The predicted octanol–water partition coefficient (Wildman–Crippen LogP) is 7.03. The van der Waals surface area contributed by atoms with E-state index in [1.54, 1.807) is 30.3 Å². The maximum Gasteiger partial charge on any atom is 0.273 e. The van der Waals surface area contributed by atoms with Crippen molar-refractivity contribution >= 4 is 29.2 Å². The van der Waals surface area contributed by atoms with E-state index >= 15 is 0 Å². The van der Waals surface area contributed by atoms with E-state index in [1.807, 2.05) is 54.6 Å². The lowest BCUT2D eigenvalue weighted by atomic mass is 10.0. The molecule has 2 N–H and O–H groups in total. The zero-order chi connectivity index (χ0) is 25.8. The molecule has 0 aliphatic heterocycles. The number of rotatable bonds is 7. The molecule has 0 atom stereocenters. The minimum absolute atomic E-state index is 0.156. The van der Waals surface area contributed by atoms with Crippen molar-refractivity contribution in [2.45, 2.75) is 9.79 Å². The first-order valence-electron chi connectivity index (χ1n) is 11.2. The summed E-state index contributed by atoms with van der Waals surface area (Å²) in [5.41, 5.74) is 2.36. The number of phenolic OH excluding ortho intramolecular Hbond substituents is 1. The summed E-state index contributed by atoms with van der Waals surface area (Å²) in [6.45, 7) is 0. The molecule has 37 heavy (non-hydrogen) atoms. The van der Waals surface area contributed by atoms with E-state index in [1.165, 1.54) is 24.0 Å². The van der Waals surface area contributed by atoms with Crippen molar-refractivity contribution in [3.63, 3.8) is 0 Å². The molecule has 8 nitrogen and oxygen atoms in total. The lowest BCUT2D eigenvalue weighted by molar-refractivity contribution is -0.384. The van der Waals surface area contributed by atoms with E-state index in [9.17, 15) is 20.0 Å². The van der Waals surface area contributed by atoms with Gasteiger partial charge >= 0.3 is 0 Å². The third-order valence-electron chi connectivity index (χ3n) is 5.48. The Morgan fingerprint density at radius 2 is 1.65 bits per heavy atom. The second kappa shape index (κ2) is 10.4. The summed E-state index contributed by atoms with van der Waals surface area (Å²) in [4.78, 5) is 28.9. The number of hydrogen-bond acceptors (Lipinski definition) is 7. The molecule has 0 saturated carbocycles. The van der Waals surface area contributed by atoms with Gasteiger partial charge in [0.1, 0.15) is 5.75 Å². The highest BCUT2D eigenvalue weighted by Gasteiger charge is 2.15. The first-order valence-corrected chi connectivity index (χ1v) is 12.0. The van der Waals surface area contributed by atoms with Crippen LogP contribution in [0.25, 0.3) is 22.6 Å². The molecule has 4 aromatic carbocycles. The van der Waals surface area contributed by atoms with E-state index in [2.05, 4.69) is 10.3 Å². The van der Waals surface area contributed by atoms with Crippen LogP contribution in [0.5, 0.6) is 5.75 Å². The number of nitrogens with one attached hydrogen (secondary N) is 1. The quantitative estimate of drug-likeness (QED) is 0.179. The Balaban J connectivity index is 1.32. The van der Waals surface area contributed by atoms with Crippen molar-refractivity contribution in [1.82, 2.24) is 4.98 Å². The average Bonchev–Trinajstić information content (AvgIpc) is 3.38. The van der Waals surface area contributed by atoms with Gasteiger partial charge in [0.15, 0.2) is 0 Å². The molecule has 1 amide bonds. The number of phenols is 1. The molecule has 9 heteroatoms. The van der Waals surface area contributed by atoms with Crippen molar-refractivity contribution in [1.29, 1.82) is 0 Å². The summed E-state index contributed by atoms with van der Waals surface area (Å²) in [5, 5.41) is 24.1. The van der Waals surface area contributed by atoms with E-state index in [0.29, 0.717) is 17.0 Å². The number of hydrogen-bond donors (Lipinski definition) is 2. The molecule has 0 unspecified atom stereocenters. The van der Waals surface area contributed by atoms with Gasteiger partial charge in [0, 0.05) is 32.5 Å². The number of anilines is 1. The van der Waals surface area contributed by atoms with Crippen LogP contribution in [0, 0.1) is 10.1 Å². The largest absolute Gasteiger partial charge is 0.507 e. The number of nitro groups is 1. The topological polar surface area (TPSA) is 118 Å². The Hall–Kier alpha value is -4.89. The van der Waals surface area contributed by atoms with Gasteiger partial charge < -0.3 is 9.52 Å². The molecule has 0 spiro atoms. The molecule has 0 bridgehead atoms. The van der Waals surface area contributed by atoms with Crippen LogP contribution in [0.15, 0.2) is 117 Å². The lowest BCUT2D eigenvalue weighted by Crippen LogP contribution is -2.10. The minimum Gasteiger partial charge on any atom is -0.507 e. The Labute approximate surface area is 215 Å². The highest BCUT2D eigenvalue weighted by molar-refractivity contribution is 7.99. The van der Waals surface area contributed by atoms with Gasteiger partial charge in [-0.2, -0.15) is 0 Å². The molecule has 0 radical (unpaired) electrons. The smallest absolute Gasteiger partial charge is 0.273 e. The van der Waals surface area contributed by atoms with Gasteiger partial charge in [-0.3, -0.25) is 20.2 Å². The molecule has 0 saturated heterocycles. The molecule has 0 fully saturated rings. The Bertz CT molecular complexity index is 1580. The monoisotopic (exact) mass is 509 g/mol. The van der Waals surface area contributed by atoms with Crippen LogP contribution >= 0.6 is 11.8 Å². The van der Waals surface area contributed by atoms with Gasteiger partial charge in [-0.1, -0.05) is 48.2 Å². The second-order valence-corrected chi connectivity index (χ2v) is 9.05. The van der Waals surface area contributed by atoms with Crippen LogP contribution in [0.4, 0.5) is 11.6 Å². The number of aromatic nitrogens is 1. The summed E-state index contributed by atoms with van der Waals surface area (Å²) < 4.78 is 5.71. The third kappa shape index (κ3) is 5.36. The normalized spacial score (nSPS) is 10.7. The zero-order valence-corrected chi connectivity index (χ0v) is 20.0. The molecule has 0 aliphatic rings. The molecule has 1 aromatic heterocycles. The highest BCUT2D eigenvalue weighted by atomic mass is 32.2. The van der Waals surface area contributed by atoms with Gasteiger partial charge in [-0.25, -0.2) is 4.98 Å². The number of carbonyl (C=O) groups is 1. The maximum atomic E-state index is 12.3. The summed E-state index contributed by atoms with van der Waals surface area (Å²) in [6, 6.07) is 28.0. The molecule has 0 aliphatic carbocycles. The number of nitrogens with zero attached hydrogens (tertiary/aromatic N) is 2. The van der Waals surface area contributed by atoms with Gasteiger partial charge in [0.05, 0.1) is 17.2 Å². The Morgan fingerprint density at radius 3 is 2.38 bits per heavy atom. The Kier molecular flexibility index (Phi) is 6.69. The van der Waals surface area contributed by atoms with Crippen molar-refractivity contribution in [3.8, 4) is 28.3 Å². The average molecular weight is 510 g/mol. The van der Waals surface area contributed by atoms with Crippen LogP contribution in [-0.2, 0) is 0 Å². The minimum atomic E-state index is -0.542. The molecule has 1 heterocycles. The molecule has 5 aromatic rings. The molecule has 182 valence electrons. The zero-order valence-electron chi connectivity index (χ0n) is 19.2. The molecule has 5 rings (SSSR count). The van der Waals surface area contributed by atoms with Gasteiger partial charge in [0.2, 0.25) is 11.8 Å². The van der Waals surface area contributed by atoms with Crippen molar-refractivity contribution < 1.29 is 19.2 Å². The number of oxazole rings is 1. The second-order valence-electron chi connectivity index (χ2n) is 7.93. The summed E-state index contributed by atoms with van der Waals surface area (Å²) in [6.07, 6.45) is 1.46. The van der Waals surface area contributed by atoms with E-state index in [4.69, 9.17) is 4.42 Å². The number of non-ortho nitro benzene ring substituents is 1. The lowest BCUT2D eigenvalue weighted by Gasteiger charge is -2.11. The van der Waals surface area contributed by atoms with Gasteiger partial charge in [-0.15, -0.1) is 0 Å². The van der Waals surface area contributed by atoms with Crippen molar-refractivity contribution in [3.05, 3.63) is 119 Å². The number of aromatic hydroxyl groups is 1. The van der Waals surface area contributed by atoms with Crippen LogP contribution in [0.2, 0.25) is 0 Å². The fraction of sp³-hybridized carbons (Fsp3) is 0. The van der Waals surface area contributed by atoms with E-state index < -0.39 is 4.92 Å². The summed E-state index contributed by atoms with van der Waals surface area (Å²) in [5.74, 6) is 0.180. The van der Waals surface area contributed by atoms with E-state index in [0.717, 1.165) is 27.0 Å². The fourth-order valence-corrected chi connectivity index (χ4v) is 4.63. The highest BCUT2D eigenvalue weighted by Crippen LogP contribution is 2.40. The summed E-state index contributed by atoms with van der Waals surface area (Å²) >= 11 is 1.49. The van der Waals surface area contributed by atoms with Crippen LogP contribution in [0.3, 0.4) is 0 Å². The van der Waals surface area contributed by atoms with Crippen molar-refractivity contribution in [2.75, 3.05) is 5.32 Å². The maximum absolute atomic E-state index is 12.3. The fourth-order valence-electron chi connectivity index (χ4n) is 3.67. The third-order valence-corrected chi connectivity index (χ3v) is 6.56. The standard InChI is InChI=1S/C28H19N3O5S/c32-24-16-20(31(34)35)12-15-22(24)23-8-4-5-9-25(23)37-21-13-10-19(11-14-21)28-29-17-26(36-28)30-27(33)18-6-2-1-3-7-18/h1-17,32H,(H,30,33). The first kappa shape index (κ1) is 23.8. The van der Waals surface area contributed by atoms with Crippen LogP contribution in [-0.4, -0.2) is 20.9 Å². The van der Waals surface area contributed by atoms with Crippen LogP contribution in [0.1, 0.15) is 10.4 Å². The van der Waals surface area contributed by atoms with Gasteiger partial charge in [0.25, 0.3) is 11.6 Å². The summed E-state index contributed by atoms with van der Waals surface area (Å²) in [7, 11) is 0. The number of amides is 1.